The molecule has 4 heteroatoms. The second kappa shape index (κ2) is 12.4. The minimum atomic E-state index is 0.867. The molecule has 0 atom stereocenters. The van der Waals surface area contributed by atoms with Crippen molar-refractivity contribution >= 4 is 95.6 Å². The van der Waals surface area contributed by atoms with Crippen LogP contribution in [0.5, 0.6) is 0 Å². The number of fused-ring (bicyclic) bond motifs is 12. The first-order valence-corrected chi connectivity index (χ1v) is 20.5. The molecular formula is C52H30N2S2. The third-order valence-electron chi connectivity index (χ3n) is 11.3. The lowest BCUT2D eigenvalue weighted by molar-refractivity contribution is 1.31. The standard InChI is InChI=1S/C52H30N2S2/c1-3-15-42-38(11-1)39-12-2-4-16-43(39)50-49(42)53-30-46(54-50)32-25-23-31(24-26-32)33-27-34(36-17-9-19-44-40-13-5-7-21-47(40)55-51(36)44)29-35(28-33)37-18-10-20-45-41-14-6-8-22-48(41)56-52(37)45/h1-30H. The van der Waals surface area contributed by atoms with E-state index < -0.39 is 0 Å². The van der Waals surface area contributed by atoms with E-state index in [-0.39, 0.29) is 0 Å². The second-order valence-electron chi connectivity index (χ2n) is 14.5. The quantitative estimate of drug-likeness (QED) is 0.168. The first kappa shape index (κ1) is 31.6. The maximum Gasteiger partial charge on any atom is 0.0979 e. The molecule has 0 saturated carbocycles. The predicted molar refractivity (Wildman–Crippen MR) is 242 cm³/mol. The summed E-state index contributed by atoms with van der Waals surface area (Å²) >= 11 is 3.76. The highest BCUT2D eigenvalue weighted by molar-refractivity contribution is 7.26. The van der Waals surface area contributed by atoms with Gasteiger partial charge in [0.15, 0.2) is 0 Å². The van der Waals surface area contributed by atoms with E-state index in [0.717, 1.165) is 38.6 Å². The largest absolute Gasteiger partial charge is 0.252 e. The van der Waals surface area contributed by atoms with Crippen molar-refractivity contribution in [1.82, 2.24) is 9.97 Å². The number of aromatic nitrogens is 2. The molecule has 0 fully saturated rings. The number of thiophene rings is 2. The lowest BCUT2D eigenvalue weighted by Gasteiger charge is -2.13. The van der Waals surface area contributed by atoms with Crippen LogP contribution in [0, 0.1) is 0 Å². The van der Waals surface area contributed by atoms with E-state index >= 15 is 0 Å². The Morgan fingerprint density at radius 3 is 1.34 bits per heavy atom. The van der Waals surface area contributed by atoms with Gasteiger partial charge in [-0.3, -0.25) is 4.98 Å². The van der Waals surface area contributed by atoms with Gasteiger partial charge in [-0.15, -0.1) is 22.7 Å². The van der Waals surface area contributed by atoms with Gasteiger partial charge in [-0.25, -0.2) is 4.98 Å². The smallest absolute Gasteiger partial charge is 0.0979 e. The molecule has 3 heterocycles. The van der Waals surface area contributed by atoms with E-state index in [0.29, 0.717) is 0 Å². The fourth-order valence-corrected chi connectivity index (χ4v) is 11.1. The molecule has 0 saturated heterocycles. The lowest BCUT2D eigenvalue weighted by atomic mass is 9.92. The van der Waals surface area contributed by atoms with Crippen molar-refractivity contribution in [3.63, 3.8) is 0 Å². The summed E-state index contributed by atoms with van der Waals surface area (Å²) in [5.41, 5.74) is 11.1. The minimum absolute atomic E-state index is 0.867. The van der Waals surface area contributed by atoms with E-state index in [1.54, 1.807) is 0 Å². The van der Waals surface area contributed by atoms with Crippen molar-refractivity contribution in [2.75, 3.05) is 0 Å². The summed E-state index contributed by atoms with van der Waals surface area (Å²) < 4.78 is 5.27. The molecule has 0 aliphatic heterocycles. The van der Waals surface area contributed by atoms with Gasteiger partial charge in [0.1, 0.15) is 0 Å². The fraction of sp³-hybridized carbons (Fsp3) is 0. The molecule has 56 heavy (non-hydrogen) atoms. The van der Waals surface area contributed by atoms with Crippen LogP contribution >= 0.6 is 22.7 Å². The number of hydrogen-bond acceptors (Lipinski definition) is 4. The summed E-state index contributed by atoms with van der Waals surface area (Å²) in [5, 5.41) is 9.90. The van der Waals surface area contributed by atoms with Crippen LogP contribution in [-0.4, -0.2) is 9.97 Å². The zero-order valence-electron chi connectivity index (χ0n) is 30.0. The highest BCUT2D eigenvalue weighted by atomic mass is 32.1. The Bertz CT molecular complexity index is 3370. The van der Waals surface area contributed by atoms with Crippen LogP contribution in [0.25, 0.3) is 118 Å². The van der Waals surface area contributed by atoms with E-state index in [9.17, 15) is 0 Å². The Labute approximate surface area is 330 Å². The summed E-state index contributed by atoms with van der Waals surface area (Å²) in [7, 11) is 0. The molecule has 12 aromatic rings. The highest BCUT2D eigenvalue weighted by Crippen LogP contribution is 2.45. The van der Waals surface area contributed by atoms with Crippen LogP contribution in [0.2, 0.25) is 0 Å². The van der Waals surface area contributed by atoms with Gasteiger partial charge in [0, 0.05) is 56.7 Å². The molecule has 3 aromatic heterocycles. The summed E-state index contributed by atoms with van der Waals surface area (Å²) in [4.78, 5) is 10.3. The Morgan fingerprint density at radius 1 is 0.321 bits per heavy atom. The van der Waals surface area contributed by atoms with Crippen LogP contribution in [0.1, 0.15) is 0 Å². The van der Waals surface area contributed by atoms with Gasteiger partial charge in [0.2, 0.25) is 0 Å². The zero-order chi connectivity index (χ0) is 36.7. The van der Waals surface area contributed by atoms with Crippen LogP contribution in [0.15, 0.2) is 182 Å². The van der Waals surface area contributed by atoms with E-state index in [1.807, 2.05) is 28.9 Å². The van der Waals surface area contributed by atoms with Gasteiger partial charge in [-0.1, -0.05) is 146 Å². The molecule has 0 spiro atoms. The van der Waals surface area contributed by atoms with Gasteiger partial charge in [-0.05, 0) is 74.5 Å². The molecule has 0 radical (unpaired) electrons. The van der Waals surface area contributed by atoms with E-state index in [4.69, 9.17) is 9.97 Å². The Kier molecular flexibility index (Phi) is 7.00. The zero-order valence-corrected chi connectivity index (χ0v) is 31.7. The van der Waals surface area contributed by atoms with Crippen molar-refractivity contribution in [1.29, 1.82) is 0 Å². The van der Waals surface area contributed by atoms with Crippen molar-refractivity contribution in [3.05, 3.63) is 182 Å². The molecule has 260 valence electrons. The van der Waals surface area contributed by atoms with Gasteiger partial charge in [0.25, 0.3) is 0 Å². The van der Waals surface area contributed by atoms with Crippen LogP contribution in [-0.2, 0) is 0 Å². The third kappa shape index (κ3) is 4.86. The van der Waals surface area contributed by atoms with E-state index in [1.165, 1.54) is 78.9 Å². The monoisotopic (exact) mass is 746 g/mol. The molecule has 12 rings (SSSR count). The van der Waals surface area contributed by atoms with Crippen LogP contribution < -0.4 is 0 Å². The predicted octanol–water partition coefficient (Wildman–Crippen LogP) is 15.3. The molecule has 2 nitrogen and oxygen atoms in total. The maximum absolute atomic E-state index is 5.27. The molecule has 0 unspecified atom stereocenters. The molecule has 9 aromatic carbocycles. The van der Waals surface area contributed by atoms with Crippen LogP contribution in [0.4, 0.5) is 0 Å². The second-order valence-corrected chi connectivity index (χ2v) is 16.6. The maximum atomic E-state index is 5.27. The van der Waals surface area contributed by atoms with E-state index in [2.05, 4.69) is 176 Å². The van der Waals surface area contributed by atoms with Crippen molar-refractivity contribution in [2.24, 2.45) is 0 Å². The van der Waals surface area contributed by atoms with Crippen LogP contribution in [0.3, 0.4) is 0 Å². The summed E-state index contributed by atoms with van der Waals surface area (Å²) in [6, 6.07) is 64.1. The third-order valence-corrected chi connectivity index (χ3v) is 13.7. The molecule has 0 N–H and O–H groups in total. The highest BCUT2D eigenvalue weighted by Gasteiger charge is 2.17. The lowest BCUT2D eigenvalue weighted by Crippen LogP contribution is -1.92. The number of nitrogens with zero attached hydrogens (tertiary/aromatic N) is 2. The van der Waals surface area contributed by atoms with Crippen molar-refractivity contribution < 1.29 is 0 Å². The summed E-state index contributed by atoms with van der Waals surface area (Å²) in [6.07, 6.45) is 1.93. The summed E-state index contributed by atoms with van der Waals surface area (Å²) in [5.74, 6) is 0. The normalized spacial score (nSPS) is 11.9. The Balaban J connectivity index is 1.03. The first-order chi connectivity index (χ1) is 27.7. The number of benzene rings is 9. The van der Waals surface area contributed by atoms with Gasteiger partial charge >= 0.3 is 0 Å². The number of rotatable bonds is 4. The van der Waals surface area contributed by atoms with Gasteiger partial charge < -0.3 is 0 Å². The average Bonchev–Trinajstić information content (AvgIpc) is 3.85. The molecule has 0 amide bonds. The molecular weight excluding hydrogens is 717 g/mol. The minimum Gasteiger partial charge on any atom is -0.252 e. The number of hydrogen-bond donors (Lipinski definition) is 0. The fourth-order valence-electron chi connectivity index (χ4n) is 8.65. The van der Waals surface area contributed by atoms with Crippen molar-refractivity contribution in [2.45, 2.75) is 0 Å². The average molecular weight is 747 g/mol. The summed E-state index contributed by atoms with van der Waals surface area (Å²) in [6.45, 7) is 0. The molecule has 0 aliphatic rings. The SMILES string of the molecule is c1ccc2c(c1)sc1c(-c3cc(-c4ccc(-c5cnc6c7ccccc7c7ccccc7c6n5)cc4)cc(-c4cccc5c4sc4ccccc45)c3)cccc12. The molecule has 0 aliphatic carbocycles. The van der Waals surface area contributed by atoms with Gasteiger partial charge in [-0.2, -0.15) is 0 Å². The van der Waals surface area contributed by atoms with Crippen molar-refractivity contribution in [3.8, 4) is 44.6 Å². The van der Waals surface area contributed by atoms with Gasteiger partial charge in [0.05, 0.1) is 22.9 Å². The topological polar surface area (TPSA) is 25.8 Å². The Morgan fingerprint density at radius 2 is 0.768 bits per heavy atom. The molecule has 0 bridgehead atoms. The first-order valence-electron chi connectivity index (χ1n) is 18.9. The Hall–Kier alpha value is -6.72.